The lowest BCUT2D eigenvalue weighted by Gasteiger charge is -1.97. The third-order valence-electron chi connectivity index (χ3n) is 2.44. The summed E-state index contributed by atoms with van der Waals surface area (Å²) in [7, 11) is 0. The smallest absolute Gasteiger partial charge is 0.342 e. The molecule has 20 heavy (non-hydrogen) atoms. The molecule has 0 aliphatic heterocycles. The number of hydrogen-bond acceptors (Lipinski definition) is 5. The van der Waals surface area contributed by atoms with Gasteiger partial charge in [0.2, 0.25) is 5.16 Å². The molecule has 0 aliphatic rings. The van der Waals surface area contributed by atoms with Crippen molar-refractivity contribution in [2.24, 2.45) is 0 Å². The number of nitrogens with zero attached hydrogens (tertiary/aromatic N) is 2. The molecule has 0 bridgehead atoms. The fraction of sp³-hybridized carbons (Fsp3) is 0.308. The lowest BCUT2D eigenvalue weighted by atomic mass is 10.3. The zero-order valence-electron chi connectivity index (χ0n) is 11.2. The summed E-state index contributed by atoms with van der Waals surface area (Å²) in [6.07, 6.45) is 3.21. The van der Waals surface area contributed by atoms with E-state index in [1.54, 1.807) is 19.1 Å². The van der Waals surface area contributed by atoms with Gasteiger partial charge in [0.25, 0.3) is 0 Å². The van der Waals surface area contributed by atoms with Gasteiger partial charge in [0.15, 0.2) is 0 Å². The third-order valence-corrected chi connectivity index (χ3v) is 3.32. The average molecular weight is 293 g/mol. The number of furan rings is 1. The van der Waals surface area contributed by atoms with Crippen LogP contribution in [0.25, 0.3) is 6.08 Å². The highest BCUT2D eigenvalue weighted by Crippen LogP contribution is 2.26. The summed E-state index contributed by atoms with van der Waals surface area (Å²) in [5.41, 5.74) is 0. The molecule has 0 amide bonds. The number of thioether (sulfide) groups is 1. The van der Waals surface area contributed by atoms with Crippen LogP contribution in [0.4, 0.5) is 0 Å². The van der Waals surface area contributed by atoms with E-state index in [4.69, 9.17) is 4.42 Å². The maximum Gasteiger partial charge on any atom is 0.342 e. The van der Waals surface area contributed by atoms with E-state index in [1.165, 1.54) is 6.08 Å². The average Bonchev–Trinajstić information content (AvgIpc) is 2.99. The number of hydrogen-bond donors (Lipinski definition) is 2. The Hall–Kier alpha value is -2.02. The summed E-state index contributed by atoms with van der Waals surface area (Å²) in [5.74, 6) is 0.949. The monoisotopic (exact) mass is 293 g/mol. The predicted molar refractivity (Wildman–Crippen MR) is 75.3 cm³/mol. The number of carboxylic acid groups (broad SMARTS) is 1. The number of aryl methyl sites for hydroxylation is 2. The second-order valence-corrected chi connectivity index (χ2v) is 5.19. The van der Waals surface area contributed by atoms with Crippen molar-refractivity contribution in [2.75, 3.05) is 0 Å². The van der Waals surface area contributed by atoms with Gasteiger partial charge in [0.05, 0.1) is 0 Å². The van der Waals surface area contributed by atoms with E-state index < -0.39 is 5.97 Å². The molecule has 0 spiro atoms. The van der Waals surface area contributed by atoms with Gasteiger partial charge < -0.3 is 9.52 Å². The number of carbonyl (C=O) groups is 1. The summed E-state index contributed by atoms with van der Waals surface area (Å²) in [5, 5.41) is 16.4. The molecule has 0 radical (unpaired) electrons. The van der Waals surface area contributed by atoms with Gasteiger partial charge in [-0.15, -0.1) is 5.10 Å². The minimum Gasteiger partial charge on any atom is -0.477 e. The Labute approximate surface area is 120 Å². The Morgan fingerprint density at radius 2 is 2.35 bits per heavy atom. The second kappa shape index (κ2) is 6.42. The highest BCUT2D eigenvalue weighted by Gasteiger charge is 2.14. The standard InChI is InChI=1S/C13H15N3O3S/c1-3-4-11-14-13(16-15-11)20-10(12(17)18)7-9-6-5-8(2)19-9/h5-7H,3-4H2,1-2H3,(H,17,18)(H,14,15,16)/b10-7+. The van der Waals surface area contributed by atoms with Crippen molar-refractivity contribution in [1.82, 2.24) is 15.2 Å². The fourth-order valence-electron chi connectivity index (χ4n) is 1.57. The fourth-order valence-corrected chi connectivity index (χ4v) is 2.27. The number of nitrogens with one attached hydrogen (secondary N) is 1. The first kappa shape index (κ1) is 14.4. The first-order chi connectivity index (χ1) is 9.58. The first-order valence-corrected chi connectivity index (χ1v) is 7.00. The molecule has 2 aromatic rings. The number of aromatic amines is 1. The lowest BCUT2D eigenvalue weighted by Crippen LogP contribution is -1.97. The highest BCUT2D eigenvalue weighted by atomic mass is 32.2. The molecule has 0 aromatic carbocycles. The quantitative estimate of drug-likeness (QED) is 0.628. The van der Waals surface area contributed by atoms with Crippen LogP contribution < -0.4 is 0 Å². The normalized spacial score (nSPS) is 11.8. The van der Waals surface area contributed by atoms with Crippen molar-refractivity contribution in [2.45, 2.75) is 31.8 Å². The minimum atomic E-state index is -1.04. The van der Waals surface area contributed by atoms with Gasteiger partial charge >= 0.3 is 5.97 Å². The molecular formula is C13H15N3O3S. The molecular weight excluding hydrogens is 278 g/mol. The summed E-state index contributed by atoms with van der Waals surface area (Å²) >= 11 is 0.996. The van der Waals surface area contributed by atoms with Crippen LogP contribution in [0.3, 0.4) is 0 Å². The van der Waals surface area contributed by atoms with Crippen molar-refractivity contribution >= 4 is 23.8 Å². The number of aliphatic carboxylic acids is 1. The Morgan fingerprint density at radius 3 is 2.95 bits per heavy atom. The topological polar surface area (TPSA) is 92.0 Å². The van der Waals surface area contributed by atoms with Crippen LogP contribution >= 0.6 is 11.8 Å². The Morgan fingerprint density at radius 1 is 1.55 bits per heavy atom. The molecule has 0 atom stereocenters. The number of H-pyrrole nitrogens is 1. The minimum absolute atomic E-state index is 0.112. The lowest BCUT2D eigenvalue weighted by molar-refractivity contribution is -0.131. The van der Waals surface area contributed by atoms with Crippen LogP contribution in [0, 0.1) is 6.92 Å². The Bertz CT molecular complexity index is 630. The van der Waals surface area contributed by atoms with Crippen molar-refractivity contribution in [3.05, 3.63) is 34.4 Å². The van der Waals surface area contributed by atoms with E-state index in [0.29, 0.717) is 10.9 Å². The predicted octanol–water partition coefficient (Wildman–Crippen LogP) is 2.88. The van der Waals surface area contributed by atoms with Gasteiger partial charge in [0.1, 0.15) is 22.3 Å². The second-order valence-electron chi connectivity index (χ2n) is 4.18. The molecule has 0 unspecified atom stereocenters. The van der Waals surface area contributed by atoms with Crippen molar-refractivity contribution in [1.29, 1.82) is 0 Å². The van der Waals surface area contributed by atoms with Crippen LogP contribution in [0.1, 0.15) is 30.7 Å². The van der Waals surface area contributed by atoms with Gasteiger partial charge in [-0.25, -0.2) is 9.78 Å². The van der Waals surface area contributed by atoms with E-state index in [1.807, 2.05) is 6.92 Å². The van der Waals surface area contributed by atoms with E-state index in [-0.39, 0.29) is 4.91 Å². The molecule has 0 saturated heterocycles. The molecule has 0 fully saturated rings. The van der Waals surface area contributed by atoms with E-state index in [0.717, 1.165) is 36.2 Å². The van der Waals surface area contributed by atoms with Crippen molar-refractivity contribution in [3.8, 4) is 0 Å². The van der Waals surface area contributed by atoms with Crippen molar-refractivity contribution < 1.29 is 14.3 Å². The van der Waals surface area contributed by atoms with Crippen molar-refractivity contribution in [3.63, 3.8) is 0 Å². The van der Waals surface area contributed by atoms with Crippen LogP contribution in [0.15, 0.2) is 26.6 Å². The molecule has 106 valence electrons. The SMILES string of the molecule is CCCc1nc(S/C(=C/c2ccc(C)o2)C(=O)O)n[nH]1. The largest absolute Gasteiger partial charge is 0.477 e. The zero-order chi connectivity index (χ0) is 14.5. The zero-order valence-corrected chi connectivity index (χ0v) is 12.0. The molecule has 0 aliphatic carbocycles. The Kier molecular flexibility index (Phi) is 4.62. The summed E-state index contributed by atoms with van der Waals surface area (Å²) in [6.45, 7) is 3.84. The van der Waals surface area contributed by atoms with E-state index in [9.17, 15) is 9.90 Å². The van der Waals surface area contributed by atoms with Gasteiger partial charge in [0, 0.05) is 12.5 Å². The van der Waals surface area contributed by atoms with E-state index >= 15 is 0 Å². The third kappa shape index (κ3) is 3.74. The van der Waals surface area contributed by atoms with Crippen LogP contribution in [0.2, 0.25) is 0 Å². The molecule has 6 nitrogen and oxygen atoms in total. The number of aromatic nitrogens is 3. The first-order valence-electron chi connectivity index (χ1n) is 6.19. The summed E-state index contributed by atoms with van der Waals surface area (Å²) < 4.78 is 5.34. The van der Waals surface area contributed by atoms with Crippen LogP contribution in [-0.4, -0.2) is 26.3 Å². The maximum absolute atomic E-state index is 11.3. The maximum atomic E-state index is 11.3. The van der Waals surface area contributed by atoms with E-state index in [2.05, 4.69) is 15.2 Å². The molecule has 7 heteroatoms. The van der Waals surface area contributed by atoms with Gasteiger partial charge in [-0.05, 0) is 37.2 Å². The number of rotatable bonds is 6. The number of carboxylic acids is 1. The molecule has 0 saturated carbocycles. The molecule has 2 N–H and O–H groups in total. The summed E-state index contributed by atoms with van der Waals surface area (Å²) in [6, 6.07) is 3.50. The molecule has 2 aromatic heterocycles. The van der Waals surface area contributed by atoms with Gasteiger partial charge in [-0.2, -0.15) is 0 Å². The molecule has 2 heterocycles. The van der Waals surface area contributed by atoms with Crippen LogP contribution in [-0.2, 0) is 11.2 Å². The summed E-state index contributed by atoms with van der Waals surface area (Å²) in [4.78, 5) is 15.6. The van der Waals surface area contributed by atoms with Gasteiger partial charge in [-0.1, -0.05) is 6.92 Å². The van der Waals surface area contributed by atoms with Gasteiger partial charge in [-0.3, -0.25) is 5.10 Å². The molecule has 2 rings (SSSR count). The highest BCUT2D eigenvalue weighted by molar-refractivity contribution is 8.04. The Balaban J connectivity index is 2.16. The van der Waals surface area contributed by atoms with Crippen LogP contribution in [0.5, 0.6) is 0 Å².